The number of carbonyl (C=O) groups is 1. The Hall–Kier alpha value is -2.41. The molecular formula is C36H44O. The lowest BCUT2D eigenvalue weighted by Gasteiger charge is -2.58. The van der Waals surface area contributed by atoms with Crippen LogP contribution in [0.25, 0.3) is 5.57 Å². The summed E-state index contributed by atoms with van der Waals surface area (Å²) in [4.78, 5) is 12.2. The summed E-state index contributed by atoms with van der Waals surface area (Å²) in [5, 5.41) is 0. The number of fused-ring (bicyclic) bond motifs is 5. The second-order valence-electron chi connectivity index (χ2n) is 13.3. The Morgan fingerprint density at radius 1 is 0.865 bits per heavy atom. The third-order valence-electron chi connectivity index (χ3n) is 11.6. The van der Waals surface area contributed by atoms with Crippen LogP contribution in [-0.2, 0) is 4.79 Å². The maximum absolute atomic E-state index is 12.2. The molecule has 2 aromatic carbocycles. The summed E-state index contributed by atoms with van der Waals surface area (Å²) >= 11 is 0. The van der Waals surface area contributed by atoms with Gasteiger partial charge in [-0.2, -0.15) is 0 Å². The van der Waals surface area contributed by atoms with Gasteiger partial charge in [0.25, 0.3) is 0 Å². The fourth-order valence-electron chi connectivity index (χ4n) is 9.64. The van der Waals surface area contributed by atoms with E-state index in [1.54, 1.807) is 0 Å². The van der Waals surface area contributed by atoms with E-state index in [0.29, 0.717) is 17.1 Å². The molecule has 0 aliphatic heterocycles. The van der Waals surface area contributed by atoms with E-state index in [1.165, 1.54) is 54.4 Å². The molecule has 37 heavy (non-hydrogen) atoms. The van der Waals surface area contributed by atoms with Crippen LogP contribution in [0.1, 0.15) is 89.7 Å². The molecule has 0 saturated heterocycles. The van der Waals surface area contributed by atoms with Crippen molar-refractivity contribution in [2.75, 3.05) is 0 Å². The lowest BCUT2D eigenvalue weighted by atomic mass is 9.46. The minimum atomic E-state index is 0.283. The van der Waals surface area contributed by atoms with E-state index in [1.807, 2.05) is 0 Å². The SMILES string of the molecule is C[C@@H](CC=C(c1ccccc1)c1ccccc1)[C@@H]1CC[C@@H]2[C@H]3CCC4=CC(=O)CC[C@]4(C)[C@H]3CC[C@@]21C. The molecule has 6 rings (SSSR count). The van der Waals surface area contributed by atoms with Gasteiger partial charge in [-0.25, -0.2) is 0 Å². The Balaban J connectivity index is 1.22. The Bertz CT molecular complexity index is 1150. The van der Waals surface area contributed by atoms with E-state index in [-0.39, 0.29) is 5.41 Å². The van der Waals surface area contributed by atoms with Crippen LogP contribution in [-0.4, -0.2) is 5.78 Å². The van der Waals surface area contributed by atoms with Crippen molar-refractivity contribution in [3.05, 3.63) is 89.5 Å². The summed E-state index contributed by atoms with van der Waals surface area (Å²) < 4.78 is 0. The molecule has 4 aliphatic rings. The van der Waals surface area contributed by atoms with E-state index in [4.69, 9.17) is 0 Å². The van der Waals surface area contributed by atoms with Crippen molar-refractivity contribution in [3.8, 4) is 0 Å². The van der Waals surface area contributed by atoms with Gasteiger partial charge in [-0.05, 0) is 115 Å². The largest absolute Gasteiger partial charge is 0.295 e. The van der Waals surface area contributed by atoms with Crippen LogP contribution in [0.3, 0.4) is 0 Å². The van der Waals surface area contributed by atoms with Crippen molar-refractivity contribution in [3.63, 3.8) is 0 Å². The van der Waals surface area contributed by atoms with Gasteiger partial charge >= 0.3 is 0 Å². The maximum atomic E-state index is 12.2. The van der Waals surface area contributed by atoms with Crippen molar-refractivity contribution in [1.29, 1.82) is 0 Å². The molecule has 3 fully saturated rings. The van der Waals surface area contributed by atoms with E-state index >= 15 is 0 Å². The Morgan fingerprint density at radius 3 is 2.22 bits per heavy atom. The average molecular weight is 493 g/mol. The number of hydrogen-bond acceptors (Lipinski definition) is 1. The summed E-state index contributed by atoms with van der Waals surface area (Å²) in [6, 6.07) is 21.9. The van der Waals surface area contributed by atoms with Gasteiger partial charge in [0, 0.05) is 6.42 Å². The first kappa shape index (κ1) is 24.9. The molecule has 0 aromatic heterocycles. The Kier molecular flexibility index (Phi) is 6.54. The van der Waals surface area contributed by atoms with E-state index in [0.717, 1.165) is 49.4 Å². The van der Waals surface area contributed by atoms with Gasteiger partial charge in [0.1, 0.15) is 0 Å². The highest BCUT2D eigenvalue weighted by atomic mass is 16.1. The first-order valence-electron chi connectivity index (χ1n) is 14.9. The molecule has 0 bridgehead atoms. The average Bonchev–Trinajstić information content (AvgIpc) is 3.28. The number of hydrogen-bond donors (Lipinski definition) is 0. The van der Waals surface area contributed by atoms with Crippen LogP contribution in [0, 0.1) is 40.4 Å². The van der Waals surface area contributed by atoms with E-state index in [9.17, 15) is 4.79 Å². The van der Waals surface area contributed by atoms with Gasteiger partial charge in [-0.15, -0.1) is 0 Å². The second-order valence-corrected chi connectivity index (χ2v) is 13.3. The molecule has 1 nitrogen and oxygen atoms in total. The third kappa shape index (κ3) is 4.27. The minimum absolute atomic E-state index is 0.283. The lowest BCUT2D eigenvalue weighted by Crippen LogP contribution is -2.50. The topological polar surface area (TPSA) is 17.1 Å². The van der Waals surface area contributed by atoms with Gasteiger partial charge < -0.3 is 0 Å². The maximum Gasteiger partial charge on any atom is 0.155 e. The molecule has 0 heterocycles. The van der Waals surface area contributed by atoms with Crippen molar-refractivity contribution in [2.24, 2.45) is 40.4 Å². The number of ketones is 1. The monoisotopic (exact) mass is 492 g/mol. The number of rotatable bonds is 5. The molecule has 4 aliphatic carbocycles. The predicted molar refractivity (Wildman–Crippen MR) is 154 cm³/mol. The number of benzene rings is 2. The van der Waals surface area contributed by atoms with Gasteiger partial charge in [0.05, 0.1) is 0 Å². The Labute approximate surface area is 224 Å². The van der Waals surface area contributed by atoms with Gasteiger partial charge in [0.15, 0.2) is 5.78 Å². The molecule has 7 atom stereocenters. The predicted octanol–water partition coefficient (Wildman–Crippen LogP) is 9.29. The standard InChI is InChI=1S/C36H44O/c1-25(14-16-30(26-10-6-4-7-11-26)27-12-8-5-9-13-27)32-18-19-33-31-17-15-28-24-29(37)20-22-35(28,2)34(31)21-23-36(32,33)3/h4-13,16,24-25,31-34H,14-15,17-23H2,1-3H3/t25-,31+,32-,33+,34-,35-,36+/m0/s1. The van der Waals surface area contributed by atoms with Crippen molar-refractivity contribution < 1.29 is 4.79 Å². The summed E-state index contributed by atoms with van der Waals surface area (Å²) in [5.41, 5.74) is 6.27. The molecule has 0 amide bonds. The fourth-order valence-corrected chi connectivity index (χ4v) is 9.64. The van der Waals surface area contributed by atoms with Crippen LogP contribution in [0.5, 0.6) is 0 Å². The molecule has 0 spiro atoms. The zero-order valence-corrected chi connectivity index (χ0v) is 23.1. The summed E-state index contributed by atoms with van der Waals surface area (Å²) in [6.45, 7) is 7.71. The highest BCUT2D eigenvalue weighted by molar-refractivity contribution is 5.91. The summed E-state index contributed by atoms with van der Waals surface area (Å²) in [6.07, 6.45) is 15.6. The van der Waals surface area contributed by atoms with Crippen LogP contribution < -0.4 is 0 Å². The van der Waals surface area contributed by atoms with Gasteiger partial charge in [0.2, 0.25) is 0 Å². The van der Waals surface area contributed by atoms with Crippen molar-refractivity contribution in [2.45, 2.75) is 78.6 Å². The van der Waals surface area contributed by atoms with Crippen LogP contribution in [0.15, 0.2) is 78.4 Å². The lowest BCUT2D eigenvalue weighted by molar-refractivity contribution is -0.117. The first-order valence-corrected chi connectivity index (χ1v) is 14.9. The minimum Gasteiger partial charge on any atom is -0.295 e. The zero-order valence-electron chi connectivity index (χ0n) is 23.1. The molecular weight excluding hydrogens is 448 g/mol. The highest BCUT2D eigenvalue weighted by Crippen LogP contribution is 2.67. The van der Waals surface area contributed by atoms with Crippen molar-refractivity contribution >= 4 is 11.4 Å². The summed E-state index contributed by atoms with van der Waals surface area (Å²) in [7, 11) is 0. The van der Waals surface area contributed by atoms with Crippen LogP contribution in [0.2, 0.25) is 0 Å². The smallest absolute Gasteiger partial charge is 0.155 e. The zero-order chi connectivity index (χ0) is 25.6. The molecule has 2 aromatic rings. The third-order valence-corrected chi connectivity index (χ3v) is 11.6. The van der Waals surface area contributed by atoms with Crippen LogP contribution in [0.4, 0.5) is 0 Å². The second kappa shape index (κ2) is 9.72. The van der Waals surface area contributed by atoms with Gasteiger partial charge in [-0.1, -0.05) is 93.1 Å². The Morgan fingerprint density at radius 2 is 1.54 bits per heavy atom. The molecule has 1 heteroatoms. The molecule has 0 unspecified atom stereocenters. The van der Waals surface area contributed by atoms with Crippen molar-refractivity contribution in [1.82, 2.24) is 0 Å². The molecule has 3 saturated carbocycles. The highest BCUT2D eigenvalue weighted by Gasteiger charge is 2.59. The quantitative estimate of drug-likeness (QED) is 0.406. The van der Waals surface area contributed by atoms with Gasteiger partial charge in [-0.3, -0.25) is 4.79 Å². The molecule has 0 radical (unpaired) electrons. The van der Waals surface area contributed by atoms with Crippen LogP contribution >= 0.6 is 0 Å². The van der Waals surface area contributed by atoms with E-state index < -0.39 is 0 Å². The number of allylic oxidation sites excluding steroid dienone is 2. The summed E-state index contributed by atoms with van der Waals surface area (Å²) in [5.74, 6) is 4.37. The number of carbonyl (C=O) groups excluding carboxylic acids is 1. The normalized spacial score (nSPS) is 35.5. The van der Waals surface area contributed by atoms with E-state index in [2.05, 4.69) is 93.6 Å². The molecule has 194 valence electrons. The fraction of sp³-hybridized carbons (Fsp3) is 0.528. The molecule has 0 N–H and O–H groups in total. The first-order chi connectivity index (χ1) is 17.9.